The minimum atomic E-state index is -0.169. The van der Waals surface area contributed by atoms with Gasteiger partial charge in [-0.25, -0.2) is 4.98 Å². The first-order valence-electron chi connectivity index (χ1n) is 7.75. The van der Waals surface area contributed by atoms with Crippen molar-refractivity contribution in [3.05, 3.63) is 77.0 Å². The van der Waals surface area contributed by atoms with E-state index in [1.165, 1.54) is 6.07 Å². The number of rotatable bonds is 6. The number of aromatic hydroxyl groups is 1. The van der Waals surface area contributed by atoms with Crippen molar-refractivity contribution >= 4 is 23.2 Å². The average molecular weight is 396 g/mol. The van der Waals surface area contributed by atoms with E-state index in [1.54, 1.807) is 37.7 Å². The molecule has 6 nitrogen and oxygen atoms in total. The Hall–Kier alpha value is -2.28. The summed E-state index contributed by atoms with van der Waals surface area (Å²) in [5, 5.41) is 12.9. The van der Waals surface area contributed by atoms with Crippen molar-refractivity contribution in [2.24, 2.45) is 0 Å². The molecular formula is C18H19Cl2N3O3. The van der Waals surface area contributed by atoms with E-state index < -0.39 is 0 Å². The number of halogens is 2. The van der Waals surface area contributed by atoms with E-state index in [-0.39, 0.29) is 12.0 Å². The summed E-state index contributed by atoms with van der Waals surface area (Å²) in [4.78, 5) is 4.02. The Morgan fingerprint density at radius 3 is 2.69 bits per heavy atom. The summed E-state index contributed by atoms with van der Waals surface area (Å²) < 4.78 is 12.2. The Kier molecular flexibility index (Phi) is 7.72. The predicted molar refractivity (Wildman–Crippen MR) is 100 cm³/mol. The fourth-order valence-corrected chi connectivity index (χ4v) is 2.66. The van der Waals surface area contributed by atoms with Crippen LogP contribution in [0.1, 0.15) is 17.4 Å². The van der Waals surface area contributed by atoms with Crippen LogP contribution in [-0.2, 0) is 11.3 Å². The Balaban J connectivity index is 0.000000290. The van der Waals surface area contributed by atoms with Crippen molar-refractivity contribution in [2.75, 3.05) is 6.61 Å². The molecule has 8 heteroatoms. The van der Waals surface area contributed by atoms with Crippen LogP contribution in [0, 0.1) is 6.92 Å². The second kappa shape index (κ2) is 10.0. The van der Waals surface area contributed by atoms with Gasteiger partial charge in [-0.2, -0.15) is 0 Å². The molecule has 0 aliphatic heterocycles. The van der Waals surface area contributed by atoms with Crippen LogP contribution in [0.25, 0.3) is 0 Å². The monoisotopic (exact) mass is 395 g/mol. The molecule has 0 aliphatic rings. The number of imidazole rings is 1. The first-order valence-corrected chi connectivity index (χ1v) is 8.50. The van der Waals surface area contributed by atoms with Gasteiger partial charge in [0.25, 0.3) is 5.88 Å². The van der Waals surface area contributed by atoms with Crippen molar-refractivity contribution < 1.29 is 14.4 Å². The third kappa shape index (κ3) is 6.22. The van der Waals surface area contributed by atoms with Gasteiger partial charge in [-0.1, -0.05) is 35.3 Å². The Morgan fingerprint density at radius 1 is 1.38 bits per heavy atom. The molecular weight excluding hydrogens is 377 g/mol. The molecule has 1 N–H and O–H groups in total. The highest BCUT2D eigenvalue weighted by molar-refractivity contribution is 6.35. The summed E-state index contributed by atoms with van der Waals surface area (Å²) in [6, 6.07) is 6.85. The minimum absolute atomic E-state index is 0.0579. The van der Waals surface area contributed by atoms with Crippen LogP contribution in [-0.4, -0.2) is 26.4 Å². The Bertz CT molecular complexity index is 802. The largest absolute Gasteiger partial charge is 0.491 e. The summed E-state index contributed by atoms with van der Waals surface area (Å²) in [6.07, 6.45) is 6.90. The molecule has 1 aromatic carbocycles. The standard InChI is InChI=1S/C14H14Cl2N2O.C4H5NO2/c1-2-7-19-14(9-18-6-5-17-10-18)12-4-3-11(15)8-13(12)16;1-3-2-4(6)5-7-3/h2-6,8,10,14H,1,7,9H2;2H,1H3,(H,5,6). The van der Waals surface area contributed by atoms with Crippen molar-refractivity contribution in [3.8, 4) is 5.88 Å². The maximum absolute atomic E-state index is 8.45. The van der Waals surface area contributed by atoms with Crippen LogP contribution >= 0.6 is 23.2 Å². The van der Waals surface area contributed by atoms with Gasteiger partial charge >= 0.3 is 0 Å². The minimum Gasteiger partial charge on any atom is -0.491 e. The van der Waals surface area contributed by atoms with Crippen LogP contribution in [0.4, 0.5) is 0 Å². The molecule has 0 saturated heterocycles. The lowest BCUT2D eigenvalue weighted by Gasteiger charge is -2.19. The van der Waals surface area contributed by atoms with E-state index in [1.807, 2.05) is 16.8 Å². The average Bonchev–Trinajstić information content (AvgIpc) is 3.24. The third-order valence-corrected chi connectivity index (χ3v) is 3.84. The quantitative estimate of drug-likeness (QED) is 0.605. The lowest BCUT2D eigenvalue weighted by molar-refractivity contribution is 0.0608. The van der Waals surface area contributed by atoms with E-state index in [9.17, 15) is 0 Å². The third-order valence-electron chi connectivity index (χ3n) is 3.28. The number of aryl methyl sites for hydroxylation is 1. The molecule has 0 amide bonds. The van der Waals surface area contributed by atoms with Gasteiger partial charge in [-0.15, -0.1) is 6.58 Å². The number of aromatic nitrogens is 3. The van der Waals surface area contributed by atoms with Gasteiger partial charge in [-0.3, -0.25) is 0 Å². The lowest BCUT2D eigenvalue weighted by atomic mass is 10.1. The molecule has 0 radical (unpaired) electrons. The highest BCUT2D eigenvalue weighted by Crippen LogP contribution is 2.29. The maximum Gasteiger partial charge on any atom is 0.251 e. The summed E-state index contributed by atoms with van der Waals surface area (Å²) in [6.45, 7) is 6.47. The number of ether oxygens (including phenoxy) is 1. The lowest BCUT2D eigenvalue weighted by Crippen LogP contribution is -2.12. The number of hydrogen-bond donors (Lipinski definition) is 1. The zero-order chi connectivity index (χ0) is 18.9. The van der Waals surface area contributed by atoms with Gasteiger partial charge in [-0.05, 0) is 24.2 Å². The highest BCUT2D eigenvalue weighted by atomic mass is 35.5. The van der Waals surface area contributed by atoms with Crippen molar-refractivity contribution in [3.63, 3.8) is 0 Å². The van der Waals surface area contributed by atoms with E-state index >= 15 is 0 Å². The summed E-state index contributed by atoms with van der Waals surface area (Å²) in [7, 11) is 0. The molecule has 0 spiro atoms. The zero-order valence-corrected chi connectivity index (χ0v) is 15.7. The summed E-state index contributed by atoms with van der Waals surface area (Å²) in [5.74, 6) is 0.565. The first-order chi connectivity index (χ1) is 12.5. The van der Waals surface area contributed by atoms with Crippen LogP contribution in [0.2, 0.25) is 10.0 Å². The molecule has 2 aromatic heterocycles. The highest BCUT2D eigenvalue weighted by Gasteiger charge is 2.16. The number of benzene rings is 1. The smallest absolute Gasteiger partial charge is 0.251 e. The van der Waals surface area contributed by atoms with Crippen molar-refractivity contribution in [1.29, 1.82) is 0 Å². The molecule has 26 heavy (non-hydrogen) atoms. The molecule has 2 heterocycles. The van der Waals surface area contributed by atoms with E-state index in [4.69, 9.17) is 33.0 Å². The second-order valence-corrected chi connectivity index (χ2v) is 6.18. The van der Waals surface area contributed by atoms with Crippen LogP contribution in [0.3, 0.4) is 0 Å². The van der Waals surface area contributed by atoms with Gasteiger partial charge in [0.05, 0.1) is 19.5 Å². The Labute approximate surface area is 161 Å². The molecule has 0 bridgehead atoms. The Morgan fingerprint density at radius 2 is 2.19 bits per heavy atom. The molecule has 138 valence electrons. The normalized spacial score (nSPS) is 11.5. The zero-order valence-electron chi connectivity index (χ0n) is 14.2. The van der Waals surface area contributed by atoms with Crippen LogP contribution in [0.5, 0.6) is 5.88 Å². The summed E-state index contributed by atoms with van der Waals surface area (Å²) in [5.41, 5.74) is 0.904. The van der Waals surface area contributed by atoms with Crippen LogP contribution in [0.15, 0.2) is 60.2 Å². The van der Waals surface area contributed by atoms with E-state index in [2.05, 4.69) is 21.2 Å². The summed E-state index contributed by atoms with van der Waals surface area (Å²) >= 11 is 12.1. The van der Waals surface area contributed by atoms with E-state index in [0.29, 0.717) is 29.0 Å². The molecule has 3 rings (SSSR count). The van der Waals surface area contributed by atoms with Gasteiger partial charge in [0, 0.05) is 34.1 Å². The molecule has 0 fully saturated rings. The van der Waals surface area contributed by atoms with Crippen LogP contribution < -0.4 is 0 Å². The fraction of sp³-hybridized carbons (Fsp3) is 0.222. The van der Waals surface area contributed by atoms with Gasteiger partial charge in [0.2, 0.25) is 0 Å². The number of nitrogens with zero attached hydrogens (tertiary/aromatic N) is 3. The fourth-order valence-electron chi connectivity index (χ4n) is 2.13. The topological polar surface area (TPSA) is 73.3 Å². The van der Waals surface area contributed by atoms with Gasteiger partial charge < -0.3 is 18.9 Å². The SMILES string of the molecule is C=CCOC(Cn1ccnc1)c1ccc(Cl)cc1Cl.Cc1cc(O)no1. The molecule has 1 atom stereocenters. The molecule has 0 saturated carbocycles. The first kappa shape index (κ1) is 20.0. The van der Waals surface area contributed by atoms with Crippen molar-refractivity contribution in [1.82, 2.24) is 14.7 Å². The molecule has 0 aliphatic carbocycles. The molecule has 3 aromatic rings. The van der Waals surface area contributed by atoms with E-state index in [0.717, 1.165) is 5.56 Å². The van der Waals surface area contributed by atoms with Gasteiger partial charge in [0.15, 0.2) is 0 Å². The predicted octanol–water partition coefficient (Wildman–Crippen LogP) is 4.82. The van der Waals surface area contributed by atoms with Crippen molar-refractivity contribution in [2.45, 2.75) is 19.6 Å². The number of hydrogen-bond acceptors (Lipinski definition) is 5. The van der Waals surface area contributed by atoms with Gasteiger partial charge in [0.1, 0.15) is 11.9 Å². The maximum atomic E-state index is 8.45. The second-order valence-electron chi connectivity index (χ2n) is 5.33. The molecule has 1 unspecified atom stereocenters.